The molecule has 0 aromatic heterocycles. The summed E-state index contributed by atoms with van der Waals surface area (Å²) >= 11 is 0. The average Bonchev–Trinajstić information content (AvgIpc) is 2.58. The Hall–Kier alpha value is -1.30. The van der Waals surface area contributed by atoms with Crippen molar-refractivity contribution < 1.29 is 39.1 Å². The van der Waals surface area contributed by atoms with E-state index in [1.807, 2.05) is 0 Å². The minimum atomic E-state index is -1.40. The Kier molecular flexibility index (Phi) is 6.90. The van der Waals surface area contributed by atoms with E-state index in [4.69, 9.17) is 14.2 Å². The zero-order valence-electron chi connectivity index (χ0n) is 13.5. The van der Waals surface area contributed by atoms with Crippen molar-refractivity contribution >= 4 is 11.8 Å². The quantitative estimate of drug-likeness (QED) is 0.408. The van der Waals surface area contributed by atoms with Crippen LogP contribution in [0.5, 0.6) is 0 Å². The van der Waals surface area contributed by atoms with Crippen LogP contribution in [0.4, 0.5) is 0 Å². The van der Waals surface area contributed by atoms with Crippen LogP contribution in [0.3, 0.4) is 0 Å². The van der Waals surface area contributed by atoms with Gasteiger partial charge in [-0.3, -0.25) is 9.59 Å². The summed E-state index contributed by atoms with van der Waals surface area (Å²) in [7, 11) is 0. The number of nitrogens with one attached hydrogen (secondary N) is 1. The van der Waals surface area contributed by atoms with E-state index in [1.165, 1.54) is 6.92 Å². The molecule has 4 N–H and O–H groups in total. The average molecular weight is 348 g/mol. The first-order chi connectivity index (χ1) is 11.4. The monoisotopic (exact) mass is 348 g/mol. The SMILES string of the molecule is CC(=O)N[C@H]1[C@H](OCC(=O)N2CCOCC2)O[C@H](CO)[C@@H](O)[C@@H]1O. The molecule has 0 bridgehead atoms. The summed E-state index contributed by atoms with van der Waals surface area (Å²) in [4.78, 5) is 25.0. The van der Waals surface area contributed by atoms with Crippen molar-refractivity contribution in [3.8, 4) is 0 Å². The minimum absolute atomic E-state index is 0.273. The third-order valence-corrected chi connectivity index (χ3v) is 3.99. The van der Waals surface area contributed by atoms with Gasteiger partial charge in [0.15, 0.2) is 6.29 Å². The molecule has 2 aliphatic rings. The first-order valence-corrected chi connectivity index (χ1v) is 7.80. The van der Waals surface area contributed by atoms with Gasteiger partial charge in [-0.1, -0.05) is 0 Å². The van der Waals surface area contributed by atoms with E-state index in [0.717, 1.165) is 0 Å². The van der Waals surface area contributed by atoms with Gasteiger partial charge in [0.25, 0.3) is 0 Å². The van der Waals surface area contributed by atoms with Crippen molar-refractivity contribution in [1.82, 2.24) is 10.2 Å². The van der Waals surface area contributed by atoms with Crippen LogP contribution in [-0.4, -0.2) is 102 Å². The molecule has 0 aliphatic carbocycles. The lowest BCUT2D eigenvalue weighted by molar-refractivity contribution is -0.269. The molecule has 0 aromatic carbocycles. The molecule has 5 atom stereocenters. The van der Waals surface area contributed by atoms with E-state index < -0.39 is 43.2 Å². The molecule has 24 heavy (non-hydrogen) atoms. The molecule has 0 saturated carbocycles. The van der Waals surface area contributed by atoms with Gasteiger partial charge in [0, 0.05) is 20.0 Å². The summed E-state index contributed by atoms with van der Waals surface area (Å²) in [5.74, 6) is -0.727. The van der Waals surface area contributed by atoms with Crippen LogP contribution in [0.1, 0.15) is 6.92 Å². The van der Waals surface area contributed by atoms with Crippen LogP contribution in [0.25, 0.3) is 0 Å². The Morgan fingerprint density at radius 1 is 1.25 bits per heavy atom. The molecule has 2 rings (SSSR count). The molecule has 0 aromatic rings. The molecule has 2 aliphatic heterocycles. The number of ether oxygens (including phenoxy) is 3. The van der Waals surface area contributed by atoms with Crippen LogP contribution >= 0.6 is 0 Å². The maximum absolute atomic E-state index is 12.1. The minimum Gasteiger partial charge on any atom is -0.394 e. The predicted octanol–water partition coefficient (Wildman–Crippen LogP) is -3.19. The summed E-state index contributed by atoms with van der Waals surface area (Å²) in [6.07, 6.45) is -5.03. The number of nitrogens with zero attached hydrogens (tertiary/aromatic N) is 1. The second-order valence-corrected chi connectivity index (χ2v) is 5.74. The van der Waals surface area contributed by atoms with E-state index in [1.54, 1.807) is 4.90 Å². The normalized spacial score (nSPS) is 34.0. The predicted molar refractivity (Wildman–Crippen MR) is 78.7 cm³/mol. The van der Waals surface area contributed by atoms with E-state index in [0.29, 0.717) is 26.3 Å². The first-order valence-electron chi connectivity index (χ1n) is 7.80. The lowest BCUT2D eigenvalue weighted by Gasteiger charge is -2.42. The number of aliphatic hydroxyl groups is 3. The number of hydrogen-bond donors (Lipinski definition) is 4. The summed E-state index contributed by atoms with van der Waals surface area (Å²) in [6.45, 7) is 2.22. The standard InChI is InChI=1S/C14H24N2O8/c1-8(18)15-11-13(21)12(20)9(6-17)24-14(11)23-7-10(19)16-2-4-22-5-3-16/h9,11-14,17,20-21H,2-7H2,1H3,(H,15,18)/t9-,11-,12-,13-,14-/m1/s1. The molecule has 2 fully saturated rings. The molecule has 10 heteroatoms. The van der Waals surface area contributed by atoms with Gasteiger partial charge in [-0.2, -0.15) is 0 Å². The second kappa shape index (κ2) is 8.70. The zero-order valence-corrected chi connectivity index (χ0v) is 13.5. The van der Waals surface area contributed by atoms with Gasteiger partial charge >= 0.3 is 0 Å². The van der Waals surface area contributed by atoms with E-state index >= 15 is 0 Å². The first kappa shape index (κ1) is 19.0. The Morgan fingerprint density at radius 2 is 1.92 bits per heavy atom. The van der Waals surface area contributed by atoms with Gasteiger partial charge in [0.05, 0.1) is 19.8 Å². The molecule has 2 saturated heterocycles. The Labute approximate surface area is 139 Å². The van der Waals surface area contributed by atoms with Gasteiger partial charge in [-0.25, -0.2) is 0 Å². The van der Waals surface area contributed by atoms with Crippen molar-refractivity contribution in [1.29, 1.82) is 0 Å². The number of morpholine rings is 1. The largest absolute Gasteiger partial charge is 0.394 e. The lowest BCUT2D eigenvalue weighted by Crippen LogP contribution is -2.64. The van der Waals surface area contributed by atoms with Crippen molar-refractivity contribution in [3.63, 3.8) is 0 Å². The van der Waals surface area contributed by atoms with Crippen molar-refractivity contribution in [2.45, 2.75) is 37.6 Å². The molecular formula is C14H24N2O8. The number of hydrogen-bond acceptors (Lipinski definition) is 8. The number of carbonyl (C=O) groups is 2. The van der Waals surface area contributed by atoms with Gasteiger partial charge in [0.1, 0.15) is 31.0 Å². The molecule has 0 radical (unpaired) electrons. The zero-order chi connectivity index (χ0) is 17.7. The van der Waals surface area contributed by atoms with Crippen LogP contribution in [0.2, 0.25) is 0 Å². The maximum atomic E-state index is 12.1. The highest BCUT2D eigenvalue weighted by molar-refractivity contribution is 5.77. The molecule has 0 spiro atoms. The van der Waals surface area contributed by atoms with Crippen LogP contribution in [0.15, 0.2) is 0 Å². The topological polar surface area (TPSA) is 138 Å². The number of rotatable bonds is 5. The third-order valence-electron chi connectivity index (χ3n) is 3.99. The van der Waals surface area contributed by atoms with E-state index in [2.05, 4.69) is 5.32 Å². The van der Waals surface area contributed by atoms with Gasteiger partial charge in [0.2, 0.25) is 11.8 Å². The molecule has 2 heterocycles. The van der Waals surface area contributed by atoms with Crippen molar-refractivity contribution in [2.24, 2.45) is 0 Å². The van der Waals surface area contributed by atoms with Crippen molar-refractivity contribution in [2.75, 3.05) is 39.5 Å². The summed E-state index contributed by atoms with van der Waals surface area (Å²) in [5, 5.41) is 31.7. The highest BCUT2D eigenvalue weighted by Crippen LogP contribution is 2.22. The van der Waals surface area contributed by atoms with Crippen LogP contribution in [0, 0.1) is 0 Å². The van der Waals surface area contributed by atoms with E-state index in [-0.39, 0.29) is 12.5 Å². The molecular weight excluding hydrogens is 324 g/mol. The van der Waals surface area contributed by atoms with Crippen LogP contribution < -0.4 is 5.32 Å². The summed E-state index contributed by atoms with van der Waals surface area (Å²) in [6, 6.07) is -1.06. The lowest BCUT2D eigenvalue weighted by atomic mass is 9.97. The van der Waals surface area contributed by atoms with Gasteiger partial charge in [-0.15, -0.1) is 0 Å². The highest BCUT2D eigenvalue weighted by Gasteiger charge is 2.45. The molecule has 0 unspecified atom stereocenters. The third kappa shape index (κ3) is 4.62. The van der Waals surface area contributed by atoms with Gasteiger partial charge in [-0.05, 0) is 0 Å². The maximum Gasteiger partial charge on any atom is 0.248 e. The van der Waals surface area contributed by atoms with E-state index in [9.17, 15) is 24.9 Å². The second-order valence-electron chi connectivity index (χ2n) is 5.74. The molecule has 2 amide bonds. The molecule has 10 nitrogen and oxygen atoms in total. The number of amides is 2. The summed E-state index contributed by atoms with van der Waals surface area (Å²) < 4.78 is 16.0. The van der Waals surface area contributed by atoms with Crippen LogP contribution in [-0.2, 0) is 23.8 Å². The summed E-state index contributed by atoms with van der Waals surface area (Å²) in [5.41, 5.74) is 0. The Bertz CT molecular complexity index is 442. The Balaban J connectivity index is 1.97. The van der Waals surface area contributed by atoms with Gasteiger partial charge < -0.3 is 39.7 Å². The smallest absolute Gasteiger partial charge is 0.248 e. The fourth-order valence-electron chi connectivity index (χ4n) is 2.67. The molecule has 138 valence electrons. The fourth-order valence-corrected chi connectivity index (χ4v) is 2.67. The Morgan fingerprint density at radius 3 is 2.50 bits per heavy atom. The number of aliphatic hydroxyl groups excluding tert-OH is 3. The highest BCUT2D eigenvalue weighted by atomic mass is 16.7. The van der Waals surface area contributed by atoms with Crippen molar-refractivity contribution in [3.05, 3.63) is 0 Å². The fraction of sp³-hybridized carbons (Fsp3) is 0.857. The number of carbonyl (C=O) groups excluding carboxylic acids is 2.